The molecular formula is C16H20N2O2. The van der Waals surface area contributed by atoms with E-state index < -0.39 is 0 Å². The van der Waals surface area contributed by atoms with Gasteiger partial charge in [-0.15, -0.1) is 0 Å². The fourth-order valence-electron chi connectivity index (χ4n) is 1.77. The first-order valence-electron chi connectivity index (χ1n) is 6.82. The minimum atomic E-state index is -0.120. The van der Waals surface area contributed by atoms with Crippen LogP contribution in [0.25, 0.3) is 0 Å². The maximum absolute atomic E-state index is 5.91. The molecule has 20 heavy (non-hydrogen) atoms. The van der Waals surface area contributed by atoms with Gasteiger partial charge in [0.05, 0.1) is 6.61 Å². The first-order chi connectivity index (χ1) is 9.70. The molecule has 0 saturated carbocycles. The second-order valence-electron chi connectivity index (χ2n) is 4.61. The van der Waals surface area contributed by atoms with Crippen LogP contribution < -0.4 is 15.2 Å². The lowest BCUT2D eigenvalue weighted by molar-refractivity contribution is 0.317. The molecule has 2 rings (SSSR count). The van der Waals surface area contributed by atoms with Crippen molar-refractivity contribution in [2.24, 2.45) is 5.73 Å². The Morgan fingerprint density at radius 2 is 1.85 bits per heavy atom. The van der Waals surface area contributed by atoms with Gasteiger partial charge in [-0.3, -0.25) is 0 Å². The first-order valence-corrected chi connectivity index (χ1v) is 6.82. The maximum Gasteiger partial charge on any atom is 0.223 e. The highest BCUT2D eigenvalue weighted by atomic mass is 16.5. The smallest absolute Gasteiger partial charge is 0.223 e. The van der Waals surface area contributed by atoms with Crippen molar-refractivity contribution in [3.8, 4) is 17.4 Å². The standard InChI is InChI=1S/C16H20N2O2/c1-3-11-19-13-6-8-14(9-7-13)20-16-15(12(2)17)5-4-10-18-16/h4-10,12H,3,11,17H2,1-2H3. The summed E-state index contributed by atoms with van der Waals surface area (Å²) in [7, 11) is 0. The van der Waals surface area contributed by atoms with Crippen LogP contribution >= 0.6 is 0 Å². The van der Waals surface area contributed by atoms with E-state index in [1.165, 1.54) is 0 Å². The molecule has 1 aromatic heterocycles. The van der Waals surface area contributed by atoms with Crippen molar-refractivity contribution >= 4 is 0 Å². The molecule has 0 aliphatic carbocycles. The Balaban J connectivity index is 2.10. The van der Waals surface area contributed by atoms with Crippen LogP contribution in [0.1, 0.15) is 31.9 Å². The molecule has 106 valence electrons. The topological polar surface area (TPSA) is 57.4 Å². The van der Waals surface area contributed by atoms with Crippen molar-refractivity contribution < 1.29 is 9.47 Å². The first kappa shape index (κ1) is 14.3. The van der Waals surface area contributed by atoms with Gasteiger partial charge in [-0.1, -0.05) is 13.0 Å². The van der Waals surface area contributed by atoms with E-state index in [-0.39, 0.29) is 6.04 Å². The number of ether oxygens (including phenoxy) is 2. The van der Waals surface area contributed by atoms with E-state index in [0.29, 0.717) is 5.88 Å². The lowest BCUT2D eigenvalue weighted by Gasteiger charge is -2.12. The van der Waals surface area contributed by atoms with Crippen molar-refractivity contribution in [2.75, 3.05) is 6.61 Å². The van der Waals surface area contributed by atoms with Crippen LogP contribution in [0.5, 0.6) is 17.4 Å². The molecule has 2 N–H and O–H groups in total. The van der Waals surface area contributed by atoms with Crippen LogP contribution in [0.3, 0.4) is 0 Å². The molecule has 1 atom stereocenters. The van der Waals surface area contributed by atoms with E-state index in [0.717, 1.165) is 30.1 Å². The average molecular weight is 272 g/mol. The summed E-state index contributed by atoms with van der Waals surface area (Å²) in [6, 6.07) is 11.2. The molecule has 0 aliphatic heterocycles. The van der Waals surface area contributed by atoms with Gasteiger partial charge < -0.3 is 15.2 Å². The molecule has 4 nitrogen and oxygen atoms in total. The number of rotatable bonds is 6. The van der Waals surface area contributed by atoms with Crippen molar-refractivity contribution in [3.05, 3.63) is 48.2 Å². The molecule has 0 amide bonds. The molecule has 0 radical (unpaired) electrons. The van der Waals surface area contributed by atoms with Crippen LogP contribution in [0.4, 0.5) is 0 Å². The third kappa shape index (κ3) is 3.71. The van der Waals surface area contributed by atoms with Crippen LogP contribution in [-0.4, -0.2) is 11.6 Å². The van der Waals surface area contributed by atoms with Gasteiger partial charge in [-0.25, -0.2) is 4.98 Å². The highest BCUT2D eigenvalue weighted by molar-refractivity contribution is 5.36. The molecule has 0 bridgehead atoms. The Kier molecular flexibility index (Phi) is 4.96. The average Bonchev–Trinajstić information content (AvgIpc) is 2.47. The van der Waals surface area contributed by atoms with E-state index in [2.05, 4.69) is 11.9 Å². The van der Waals surface area contributed by atoms with Gasteiger partial charge in [0.2, 0.25) is 5.88 Å². The minimum Gasteiger partial charge on any atom is -0.494 e. The van der Waals surface area contributed by atoms with Crippen molar-refractivity contribution in [1.82, 2.24) is 4.98 Å². The third-order valence-electron chi connectivity index (χ3n) is 2.80. The summed E-state index contributed by atoms with van der Waals surface area (Å²) in [5.41, 5.74) is 6.79. The maximum atomic E-state index is 5.91. The zero-order valence-electron chi connectivity index (χ0n) is 11.9. The lowest BCUT2D eigenvalue weighted by atomic mass is 10.1. The van der Waals surface area contributed by atoms with E-state index in [4.69, 9.17) is 15.2 Å². The van der Waals surface area contributed by atoms with Crippen LogP contribution in [0.2, 0.25) is 0 Å². The minimum absolute atomic E-state index is 0.120. The monoisotopic (exact) mass is 272 g/mol. The number of hydrogen-bond donors (Lipinski definition) is 1. The van der Waals surface area contributed by atoms with Gasteiger partial charge in [0.15, 0.2) is 0 Å². The largest absolute Gasteiger partial charge is 0.494 e. The van der Waals surface area contributed by atoms with Gasteiger partial charge in [0, 0.05) is 17.8 Å². The second kappa shape index (κ2) is 6.91. The lowest BCUT2D eigenvalue weighted by Crippen LogP contribution is -2.07. The molecule has 4 heteroatoms. The molecule has 0 spiro atoms. The zero-order valence-corrected chi connectivity index (χ0v) is 11.9. The fraction of sp³-hybridized carbons (Fsp3) is 0.312. The number of benzene rings is 1. The second-order valence-corrected chi connectivity index (χ2v) is 4.61. The van der Waals surface area contributed by atoms with E-state index in [1.807, 2.05) is 43.3 Å². The molecule has 0 fully saturated rings. The Morgan fingerprint density at radius 3 is 2.50 bits per heavy atom. The molecule has 0 aliphatic rings. The summed E-state index contributed by atoms with van der Waals surface area (Å²) in [6.45, 7) is 4.70. The summed E-state index contributed by atoms with van der Waals surface area (Å²) in [5.74, 6) is 2.10. The van der Waals surface area contributed by atoms with Gasteiger partial charge in [0.1, 0.15) is 11.5 Å². The predicted octanol–water partition coefficient (Wildman–Crippen LogP) is 3.68. The van der Waals surface area contributed by atoms with Crippen molar-refractivity contribution in [1.29, 1.82) is 0 Å². The zero-order chi connectivity index (χ0) is 14.4. The third-order valence-corrected chi connectivity index (χ3v) is 2.80. The number of aromatic nitrogens is 1. The van der Waals surface area contributed by atoms with Crippen LogP contribution in [-0.2, 0) is 0 Å². The number of hydrogen-bond acceptors (Lipinski definition) is 4. The Labute approximate surface area is 119 Å². The summed E-state index contributed by atoms with van der Waals surface area (Å²) < 4.78 is 11.3. The normalized spacial score (nSPS) is 11.9. The van der Waals surface area contributed by atoms with Gasteiger partial charge in [-0.2, -0.15) is 0 Å². The molecular weight excluding hydrogens is 252 g/mol. The Morgan fingerprint density at radius 1 is 1.15 bits per heavy atom. The SMILES string of the molecule is CCCOc1ccc(Oc2ncccc2C(C)N)cc1. The van der Waals surface area contributed by atoms with Crippen LogP contribution in [0, 0.1) is 0 Å². The summed E-state index contributed by atoms with van der Waals surface area (Å²) in [5, 5.41) is 0. The molecule has 1 heterocycles. The summed E-state index contributed by atoms with van der Waals surface area (Å²) >= 11 is 0. The highest BCUT2D eigenvalue weighted by Gasteiger charge is 2.09. The highest BCUT2D eigenvalue weighted by Crippen LogP contribution is 2.27. The molecule has 1 aromatic carbocycles. The molecule has 0 saturated heterocycles. The van der Waals surface area contributed by atoms with Gasteiger partial charge >= 0.3 is 0 Å². The Bertz CT molecular complexity index is 538. The number of nitrogens with zero attached hydrogens (tertiary/aromatic N) is 1. The van der Waals surface area contributed by atoms with Crippen LogP contribution in [0.15, 0.2) is 42.6 Å². The van der Waals surface area contributed by atoms with Gasteiger partial charge in [-0.05, 0) is 43.7 Å². The fourth-order valence-corrected chi connectivity index (χ4v) is 1.77. The van der Waals surface area contributed by atoms with E-state index >= 15 is 0 Å². The van der Waals surface area contributed by atoms with E-state index in [9.17, 15) is 0 Å². The van der Waals surface area contributed by atoms with Gasteiger partial charge in [0.25, 0.3) is 0 Å². The number of pyridine rings is 1. The molecule has 1 unspecified atom stereocenters. The summed E-state index contributed by atoms with van der Waals surface area (Å²) in [4.78, 5) is 4.23. The van der Waals surface area contributed by atoms with Crippen molar-refractivity contribution in [2.45, 2.75) is 26.3 Å². The van der Waals surface area contributed by atoms with E-state index in [1.54, 1.807) is 6.20 Å². The predicted molar refractivity (Wildman–Crippen MR) is 79.1 cm³/mol. The van der Waals surface area contributed by atoms with Crippen molar-refractivity contribution in [3.63, 3.8) is 0 Å². The number of nitrogens with two attached hydrogens (primary N) is 1. The summed E-state index contributed by atoms with van der Waals surface area (Å²) in [6.07, 6.45) is 2.68. The molecule has 2 aromatic rings. The Hall–Kier alpha value is -2.07. The quantitative estimate of drug-likeness (QED) is 0.871.